The summed E-state index contributed by atoms with van der Waals surface area (Å²) < 4.78 is 33.4. The van der Waals surface area contributed by atoms with Crippen molar-refractivity contribution >= 4 is 33.3 Å². The summed E-state index contributed by atoms with van der Waals surface area (Å²) in [5.74, 6) is -1.41. The van der Waals surface area contributed by atoms with Gasteiger partial charge < -0.3 is 4.74 Å². The number of esters is 1. The van der Waals surface area contributed by atoms with Gasteiger partial charge in [-0.3, -0.25) is 14.0 Å². The number of carbonyl (C=O) groups is 2. The number of para-hydroxylation sites is 2. The molecule has 0 N–H and O–H groups in total. The molecule has 0 spiro atoms. The van der Waals surface area contributed by atoms with Crippen LogP contribution in [-0.2, 0) is 26.0 Å². The van der Waals surface area contributed by atoms with Crippen molar-refractivity contribution in [3.63, 3.8) is 0 Å². The Morgan fingerprint density at radius 1 is 1.06 bits per heavy atom. The molecular weight excluding hydrogens is 466 g/mol. The first-order valence-electron chi connectivity index (χ1n) is 10.9. The predicted octanol–water partition coefficient (Wildman–Crippen LogP) is 3.54. The summed E-state index contributed by atoms with van der Waals surface area (Å²) in [7, 11) is -3.93. The Morgan fingerprint density at radius 3 is 2.51 bits per heavy atom. The molecule has 1 atom stereocenters. The van der Waals surface area contributed by atoms with Gasteiger partial charge in [-0.2, -0.15) is 5.26 Å². The highest BCUT2D eigenvalue weighted by Gasteiger charge is 2.36. The van der Waals surface area contributed by atoms with Crippen molar-refractivity contribution in [3.8, 4) is 6.07 Å². The van der Waals surface area contributed by atoms with Crippen molar-refractivity contribution in [3.05, 3.63) is 90.0 Å². The second-order valence-electron chi connectivity index (χ2n) is 8.06. The molecule has 0 radical (unpaired) electrons. The Morgan fingerprint density at radius 2 is 1.77 bits per heavy atom. The van der Waals surface area contributed by atoms with E-state index in [2.05, 4.69) is 0 Å². The van der Waals surface area contributed by atoms with Crippen LogP contribution in [0.5, 0.6) is 0 Å². The highest BCUT2D eigenvalue weighted by atomic mass is 32.2. The lowest BCUT2D eigenvalue weighted by Gasteiger charge is -2.24. The molecule has 1 unspecified atom stereocenters. The lowest BCUT2D eigenvalue weighted by molar-refractivity contribution is -0.121. The smallest absolute Gasteiger partial charge is 0.338 e. The molecule has 0 fully saturated rings. The Kier molecular flexibility index (Phi) is 6.85. The maximum atomic E-state index is 13.4. The monoisotopic (exact) mass is 489 g/mol. The van der Waals surface area contributed by atoms with Crippen molar-refractivity contribution in [2.45, 2.75) is 24.3 Å². The third-order valence-electron chi connectivity index (χ3n) is 5.70. The number of rotatable bonds is 7. The average Bonchev–Trinajstić information content (AvgIpc) is 3.22. The topological polar surface area (TPSA) is 108 Å². The summed E-state index contributed by atoms with van der Waals surface area (Å²) in [5, 5.41) is 9.07. The summed E-state index contributed by atoms with van der Waals surface area (Å²) in [6.07, 6.45) is 0.597. The molecule has 3 aromatic rings. The summed E-state index contributed by atoms with van der Waals surface area (Å²) in [6, 6.07) is 23.1. The highest BCUT2D eigenvalue weighted by molar-refractivity contribution is 7.92. The first kappa shape index (κ1) is 24.0. The number of ether oxygens (including phenoxy) is 1. The number of carbonyl (C=O) groups excluding carboxylic acids is 2. The number of nitriles is 1. The molecule has 8 nitrogen and oxygen atoms in total. The predicted molar refractivity (Wildman–Crippen MR) is 130 cm³/mol. The first-order valence-corrected chi connectivity index (χ1v) is 12.4. The van der Waals surface area contributed by atoms with E-state index in [1.165, 1.54) is 33.5 Å². The second-order valence-corrected chi connectivity index (χ2v) is 9.88. The molecule has 0 aromatic heterocycles. The van der Waals surface area contributed by atoms with E-state index in [9.17, 15) is 18.0 Å². The van der Waals surface area contributed by atoms with Gasteiger partial charge >= 0.3 is 5.97 Å². The van der Waals surface area contributed by atoms with Crippen molar-refractivity contribution in [2.75, 3.05) is 22.4 Å². The fraction of sp³-hybridized carbons (Fsp3) is 0.192. The Hall–Kier alpha value is -4.16. The number of hydrogen-bond acceptors (Lipinski definition) is 6. The molecule has 35 heavy (non-hydrogen) atoms. The molecule has 1 aliphatic heterocycles. The van der Waals surface area contributed by atoms with E-state index < -0.39 is 28.5 Å². The van der Waals surface area contributed by atoms with Crippen LogP contribution in [0, 0.1) is 11.3 Å². The molecule has 0 saturated heterocycles. The SMILES string of the molecule is CC1Cc2ccccc2N1S(=O)(=O)c1cccc(C(=O)OCC(=O)N(CC#N)c2ccccc2)c1. The minimum absolute atomic E-state index is 0.00514. The molecule has 0 bridgehead atoms. The number of sulfonamides is 1. The largest absolute Gasteiger partial charge is 0.452 e. The number of anilines is 2. The minimum Gasteiger partial charge on any atom is -0.452 e. The fourth-order valence-electron chi connectivity index (χ4n) is 4.09. The molecule has 1 heterocycles. The minimum atomic E-state index is -3.93. The van der Waals surface area contributed by atoms with E-state index in [0.29, 0.717) is 17.8 Å². The van der Waals surface area contributed by atoms with Crippen LogP contribution in [0.4, 0.5) is 11.4 Å². The maximum absolute atomic E-state index is 13.4. The number of hydrogen-bond donors (Lipinski definition) is 0. The maximum Gasteiger partial charge on any atom is 0.338 e. The molecule has 3 aromatic carbocycles. The molecule has 4 rings (SSSR count). The zero-order valence-electron chi connectivity index (χ0n) is 19.0. The lowest BCUT2D eigenvalue weighted by atomic mass is 10.1. The van der Waals surface area contributed by atoms with E-state index in [0.717, 1.165) is 5.56 Å². The molecular formula is C26H23N3O5S. The van der Waals surface area contributed by atoms with Gasteiger partial charge in [0.25, 0.3) is 15.9 Å². The van der Waals surface area contributed by atoms with E-state index in [1.54, 1.807) is 42.5 Å². The van der Waals surface area contributed by atoms with Gasteiger partial charge in [0.2, 0.25) is 0 Å². The van der Waals surface area contributed by atoms with E-state index >= 15 is 0 Å². The van der Waals surface area contributed by atoms with Gasteiger partial charge in [0, 0.05) is 11.7 Å². The van der Waals surface area contributed by atoms with Crippen molar-refractivity contribution in [2.24, 2.45) is 0 Å². The van der Waals surface area contributed by atoms with Crippen molar-refractivity contribution in [1.82, 2.24) is 0 Å². The van der Waals surface area contributed by atoms with Crippen molar-refractivity contribution < 1.29 is 22.7 Å². The summed E-state index contributed by atoms with van der Waals surface area (Å²) in [5.41, 5.74) is 2.07. The second kappa shape index (κ2) is 9.99. The third-order valence-corrected chi connectivity index (χ3v) is 7.62. The Bertz CT molecular complexity index is 1400. The zero-order valence-corrected chi connectivity index (χ0v) is 19.8. The fourth-order valence-corrected chi connectivity index (χ4v) is 5.83. The highest BCUT2D eigenvalue weighted by Crippen LogP contribution is 2.36. The van der Waals surface area contributed by atoms with Crippen LogP contribution in [0.25, 0.3) is 0 Å². The van der Waals surface area contributed by atoms with Crippen LogP contribution in [0.3, 0.4) is 0 Å². The summed E-state index contributed by atoms with van der Waals surface area (Å²) in [4.78, 5) is 26.4. The van der Waals surface area contributed by atoms with Gasteiger partial charge in [0.1, 0.15) is 6.54 Å². The molecule has 0 aliphatic carbocycles. The summed E-state index contributed by atoms with van der Waals surface area (Å²) in [6.45, 7) is 1.04. The third kappa shape index (κ3) is 4.88. The molecule has 1 aliphatic rings. The molecule has 9 heteroatoms. The number of benzene rings is 3. The van der Waals surface area contributed by atoms with E-state index in [4.69, 9.17) is 10.00 Å². The zero-order chi connectivity index (χ0) is 25.0. The van der Waals surface area contributed by atoms with Crippen LogP contribution in [0.1, 0.15) is 22.8 Å². The van der Waals surface area contributed by atoms with Crippen LogP contribution in [-0.4, -0.2) is 39.5 Å². The van der Waals surface area contributed by atoms with Gasteiger partial charge in [0.05, 0.1) is 22.2 Å². The lowest BCUT2D eigenvalue weighted by Crippen LogP contribution is -2.36. The van der Waals surface area contributed by atoms with Crippen LogP contribution in [0.2, 0.25) is 0 Å². The van der Waals surface area contributed by atoms with Gasteiger partial charge in [-0.05, 0) is 55.3 Å². The Labute approximate surface area is 204 Å². The first-order chi connectivity index (χ1) is 16.8. The summed E-state index contributed by atoms with van der Waals surface area (Å²) >= 11 is 0. The van der Waals surface area contributed by atoms with Gasteiger partial charge in [-0.15, -0.1) is 0 Å². The van der Waals surface area contributed by atoms with Crippen LogP contribution < -0.4 is 9.21 Å². The number of fused-ring (bicyclic) bond motifs is 1. The molecule has 1 amide bonds. The van der Waals surface area contributed by atoms with Gasteiger partial charge in [-0.25, -0.2) is 13.2 Å². The number of nitrogens with zero attached hydrogens (tertiary/aromatic N) is 3. The quantitative estimate of drug-likeness (QED) is 0.371. The van der Waals surface area contributed by atoms with E-state index in [-0.39, 0.29) is 23.0 Å². The number of amides is 1. The average molecular weight is 490 g/mol. The van der Waals surface area contributed by atoms with Gasteiger partial charge in [0.15, 0.2) is 6.61 Å². The van der Waals surface area contributed by atoms with E-state index in [1.807, 2.05) is 25.1 Å². The van der Waals surface area contributed by atoms with Crippen LogP contribution in [0.15, 0.2) is 83.8 Å². The van der Waals surface area contributed by atoms with Crippen LogP contribution >= 0.6 is 0 Å². The Balaban J connectivity index is 1.51. The van der Waals surface area contributed by atoms with Crippen molar-refractivity contribution in [1.29, 1.82) is 5.26 Å². The molecule has 0 saturated carbocycles. The van der Waals surface area contributed by atoms with Gasteiger partial charge in [-0.1, -0.05) is 42.5 Å². The normalized spacial score (nSPS) is 14.6. The standard InChI is InChI=1S/C26H23N3O5S/c1-19-16-20-8-5-6-13-24(20)29(19)35(32,33)23-12-7-9-21(17-23)26(31)34-18-25(30)28(15-14-27)22-10-3-2-4-11-22/h2-13,17,19H,15-16,18H2,1H3. The molecule has 178 valence electrons.